The molecule has 1 unspecified atom stereocenters. The van der Waals surface area contributed by atoms with Crippen molar-refractivity contribution in [2.24, 2.45) is 34.5 Å². The van der Waals surface area contributed by atoms with Gasteiger partial charge in [-0.1, -0.05) is 68.2 Å². The van der Waals surface area contributed by atoms with E-state index in [0.717, 1.165) is 32.8 Å². The van der Waals surface area contributed by atoms with E-state index >= 15 is 0 Å². The van der Waals surface area contributed by atoms with Crippen molar-refractivity contribution in [3.63, 3.8) is 0 Å². The second-order valence-electron chi connectivity index (χ2n) is 9.92. The second kappa shape index (κ2) is 16.5. The van der Waals surface area contributed by atoms with Crippen molar-refractivity contribution in [3.8, 4) is 0 Å². The summed E-state index contributed by atoms with van der Waals surface area (Å²) in [4.78, 5) is 0. The molecule has 0 fully saturated rings. The normalized spacial score (nSPS) is 13.8. The SMILES string of the molecule is CCCC(C)C(COC)(COC)C(C)C.COCC(COC)(CC(C)C)C(C)C. The first-order chi connectivity index (χ1) is 13.5. The van der Waals surface area contributed by atoms with E-state index in [1.807, 2.05) is 0 Å². The summed E-state index contributed by atoms with van der Waals surface area (Å²) in [6.45, 7) is 21.3. The highest BCUT2D eigenvalue weighted by Gasteiger charge is 2.39. The molecule has 0 aliphatic rings. The fourth-order valence-corrected chi connectivity index (χ4v) is 4.60. The van der Waals surface area contributed by atoms with Crippen LogP contribution in [0.1, 0.15) is 74.7 Å². The molecule has 0 aromatic carbocycles. The maximum atomic E-state index is 5.41. The van der Waals surface area contributed by atoms with E-state index in [0.29, 0.717) is 23.7 Å². The highest BCUT2D eigenvalue weighted by molar-refractivity contribution is 4.87. The van der Waals surface area contributed by atoms with Crippen LogP contribution in [0.4, 0.5) is 0 Å². The van der Waals surface area contributed by atoms with Gasteiger partial charge in [0.05, 0.1) is 26.4 Å². The fourth-order valence-electron chi connectivity index (χ4n) is 4.60. The van der Waals surface area contributed by atoms with Gasteiger partial charge >= 0.3 is 0 Å². The quantitative estimate of drug-likeness (QED) is 0.311. The maximum Gasteiger partial charge on any atom is 0.0545 e. The van der Waals surface area contributed by atoms with Crippen molar-refractivity contribution in [1.82, 2.24) is 0 Å². The lowest BCUT2D eigenvalue weighted by atomic mass is 9.68. The van der Waals surface area contributed by atoms with Crippen molar-refractivity contribution >= 4 is 0 Å². The lowest BCUT2D eigenvalue weighted by molar-refractivity contribution is -0.0585. The van der Waals surface area contributed by atoms with Gasteiger partial charge in [-0.05, 0) is 30.1 Å². The summed E-state index contributed by atoms with van der Waals surface area (Å²) < 4.78 is 21.5. The molecule has 0 aliphatic carbocycles. The third-order valence-corrected chi connectivity index (χ3v) is 6.58. The van der Waals surface area contributed by atoms with Crippen LogP contribution in [0.3, 0.4) is 0 Å². The Balaban J connectivity index is 0. The number of methoxy groups -OCH3 is 4. The average molecular weight is 419 g/mol. The van der Waals surface area contributed by atoms with Gasteiger partial charge in [-0.25, -0.2) is 0 Å². The van der Waals surface area contributed by atoms with Crippen LogP contribution < -0.4 is 0 Å². The molecule has 0 N–H and O–H groups in total. The molecule has 0 aromatic rings. The molecule has 0 saturated carbocycles. The molecule has 0 saturated heterocycles. The lowest BCUT2D eigenvalue weighted by Crippen LogP contribution is -2.42. The Labute approximate surface area is 183 Å². The van der Waals surface area contributed by atoms with E-state index in [1.165, 1.54) is 12.8 Å². The van der Waals surface area contributed by atoms with Crippen LogP contribution >= 0.6 is 0 Å². The molecular weight excluding hydrogens is 364 g/mol. The summed E-state index contributed by atoms with van der Waals surface area (Å²) in [5.41, 5.74) is 0.344. The van der Waals surface area contributed by atoms with Crippen LogP contribution in [-0.2, 0) is 18.9 Å². The molecule has 29 heavy (non-hydrogen) atoms. The molecule has 0 aromatic heterocycles. The second-order valence-corrected chi connectivity index (χ2v) is 9.92. The van der Waals surface area contributed by atoms with Crippen LogP contribution in [0.15, 0.2) is 0 Å². The van der Waals surface area contributed by atoms with Crippen LogP contribution in [-0.4, -0.2) is 54.9 Å². The molecule has 0 heterocycles. The van der Waals surface area contributed by atoms with E-state index in [1.54, 1.807) is 28.4 Å². The monoisotopic (exact) mass is 418 g/mol. The van der Waals surface area contributed by atoms with Crippen molar-refractivity contribution < 1.29 is 18.9 Å². The number of hydrogen-bond donors (Lipinski definition) is 0. The van der Waals surface area contributed by atoms with E-state index in [9.17, 15) is 0 Å². The zero-order valence-electron chi connectivity index (χ0n) is 21.9. The molecule has 0 spiro atoms. The van der Waals surface area contributed by atoms with Gasteiger partial charge in [0.2, 0.25) is 0 Å². The molecule has 1 atom stereocenters. The zero-order valence-corrected chi connectivity index (χ0v) is 21.9. The minimum absolute atomic E-state index is 0.166. The van der Waals surface area contributed by atoms with Gasteiger partial charge in [-0.15, -0.1) is 0 Å². The van der Waals surface area contributed by atoms with E-state index in [2.05, 4.69) is 55.4 Å². The summed E-state index contributed by atoms with van der Waals surface area (Å²) in [6.07, 6.45) is 3.63. The molecule has 0 bridgehead atoms. The number of ether oxygens (including phenoxy) is 4. The Bertz CT molecular complexity index is 354. The molecule has 0 amide bonds. The maximum absolute atomic E-state index is 5.41. The third kappa shape index (κ3) is 10.6. The number of hydrogen-bond acceptors (Lipinski definition) is 4. The predicted octanol–water partition coefficient (Wildman–Crippen LogP) is 6.33. The highest BCUT2D eigenvalue weighted by Crippen LogP contribution is 2.39. The molecule has 0 rings (SSSR count). The molecule has 4 nitrogen and oxygen atoms in total. The average Bonchev–Trinajstić information content (AvgIpc) is 2.61. The number of rotatable bonds is 15. The van der Waals surface area contributed by atoms with Crippen molar-refractivity contribution in [1.29, 1.82) is 0 Å². The predicted molar refractivity (Wildman–Crippen MR) is 126 cm³/mol. The van der Waals surface area contributed by atoms with Crippen molar-refractivity contribution in [3.05, 3.63) is 0 Å². The molecule has 0 radical (unpaired) electrons. The van der Waals surface area contributed by atoms with Crippen LogP contribution in [0, 0.1) is 34.5 Å². The largest absolute Gasteiger partial charge is 0.384 e. The Morgan fingerprint density at radius 1 is 0.621 bits per heavy atom. The van der Waals surface area contributed by atoms with Gasteiger partial charge in [0.15, 0.2) is 0 Å². The Kier molecular flexibility index (Phi) is 17.7. The minimum Gasteiger partial charge on any atom is -0.384 e. The smallest absolute Gasteiger partial charge is 0.0545 e. The summed E-state index contributed by atoms with van der Waals surface area (Å²) in [6, 6.07) is 0. The first kappa shape index (κ1) is 31.0. The Morgan fingerprint density at radius 2 is 1.03 bits per heavy atom. The Hall–Kier alpha value is -0.160. The zero-order chi connectivity index (χ0) is 23.1. The molecule has 0 aliphatic heterocycles. The highest BCUT2D eigenvalue weighted by atomic mass is 16.5. The van der Waals surface area contributed by atoms with Crippen molar-refractivity contribution in [2.75, 3.05) is 54.9 Å². The van der Waals surface area contributed by atoms with Crippen LogP contribution in [0.2, 0.25) is 0 Å². The van der Waals surface area contributed by atoms with Gasteiger partial charge in [-0.2, -0.15) is 0 Å². The summed E-state index contributed by atoms with van der Waals surface area (Å²) in [5.74, 6) is 2.49. The topological polar surface area (TPSA) is 36.9 Å². The molecular formula is C25H54O4. The standard InChI is InChI=1S/C13H28O2.C12H26O2/c1-7-8-12(4)13(9-14-5,10-15-6)11(2)3;1-10(2)7-12(8-13-5,9-14-6)11(3)4/h11-12H,7-10H2,1-6H3;10-11H,7-9H2,1-6H3. The molecule has 4 heteroatoms. The third-order valence-electron chi connectivity index (χ3n) is 6.58. The van der Waals surface area contributed by atoms with Gasteiger partial charge < -0.3 is 18.9 Å². The fraction of sp³-hybridized carbons (Fsp3) is 1.00. The van der Waals surface area contributed by atoms with Crippen LogP contribution in [0.25, 0.3) is 0 Å². The summed E-state index contributed by atoms with van der Waals surface area (Å²) in [7, 11) is 7.11. The van der Waals surface area contributed by atoms with Crippen molar-refractivity contribution in [2.45, 2.75) is 74.7 Å². The van der Waals surface area contributed by atoms with E-state index in [4.69, 9.17) is 18.9 Å². The molecule has 178 valence electrons. The summed E-state index contributed by atoms with van der Waals surface area (Å²) in [5, 5.41) is 0. The van der Waals surface area contributed by atoms with Gasteiger partial charge in [0, 0.05) is 39.3 Å². The first-order valence-electron chi connectivity index (χ1n) is 11.5. The van der Waals surface area contributed by atoms with Crippen LogP contribution in [0.5, 0.6) is 0 Å². The van der Waals surface area contributed by atoms with Gasteiger partial charge in [0.1, 0.15) is 0 Å². The lowest BCUT2D eigenvalue weighted by Gasteiger charge is -2.41. The van der Waals surface area contributed by atoms with Gasteiger partial charge in [0.25, 0.3) is 0 Å². The summed E-state index contributed by atoms with van der Waals surface area (Å²) >= 11 is 0. The van der Waals surface area contributed by atoms with E-state index in [-0.39, 0.29) is 10.8 Å². The van der Waals surface area contributed by atoms with E-state index < -0.39 is 0 Å². The first-order valence-corrected chi connectivity index (χ1v) is 11.5. The van der Waals surface area contributed by atoms with Gasteiger partial charge in [-0.3, -0.25) is 0 Å². The Morgan fingerprint density at radius 3 is 1.28 bits per heavy atom. The minimum atomic E-state index is 0.166.